The number of rotatable bonds is 5. The third-order valence-electron chi connectivity index (χ3n) is 3.76. The van der Waals surface area contributed by atoms with E-state index in [1.807, 2.05) is 12.1 Å². The molecule has 17 heavy (non-hydrogen) atoms. The van der Waals surface area contributed by atoms with Crippen molar-refractivity contribution < 1.29 is 9.84 Å². The second-order valence-electron chi connectivity index (χ2n) is 5.22. The molecular weight excluding hydrogens is 280 g/mol. The summed E-state index contributed by atoms with van der Waals surface area (Å²) in [6.07, 6.45) is 3.36. The molecule has 3 heteroatoms. The number of halogens is 1. The van der Waals surface area contributed by atoms with Crippen molar-refractivity contribution in [2.45, 2.75) is 26.2 Å². The van der Waals surface area contributed by atoms with Gasteiger partial charge in [-0.15, -0.1) is 0 Å². The fraction of sp³-hybridized carbons (Fsp3) is 0.571. The Morgan fingerprint density at radius 2 is 2.18 bits per heavy atom. The highest BCUT2D eigenvalue weighted by molar-refractivity contribution is 9.10. The molecule has 1 atom stereocenters. The number of aliphatic hydroxyl groups excluding tert-OH is 1. The Kier molecular flexibility index (Phi) is 3.79. The Morgan fingerprint density at radius 1 is 1.47 bits per heavy atom. The van der Waals surface area contributed by atoms with Gasteiger partial charge in [-0.25, -0.2) is 0 Å². The second-order valence-corrected chi connectivity index (χ2v) is 6.14. The lowest BCUT2D eigenvalue weighted by Crippen LogP contribution is -2.27. The van der Waals surface area contributed by atoms with Gasteiger partial charge in [-0.1, -0.05) is 22.9 Å². The molecule has 1 unspecified atom stereocenters. The topological polar surface area (TPSA) is 29.5 Å². The van der Waals surface area contributed by atoms with Gasteiger partial charge in [0.1, 0.15) is 5.75 Å². The molecule has 1 fully saturated rings. The van der Waals surface area contributed by atoms with Gasteiger partial charge in [0, 0.05) is 11.1 Å². The number of methoxy groups -OCH3 is 1. The van der Waals surface area contributed by atoms with E-state index >= 15 is 0 Å². The van der Waals surface area contributed by atoms with E-state index in [1.165, 1.54) is 18.4 Å². The van der Waals surface area contributed by atoms with E-state index in [2.05, 4.69) is 28.9 Å². The number of hydrogen-bond acceptors (Lipinski definition) is 2. The van der Waals surface area contributed by atoms with Crippen LogP contribution >= 0.6 is 15.9 Å². The fourth-order valence-electron chi connectivity index (χ4n) is 2.43. The number of ether oxygens (including phenoxy) is 1. The smallest absolute Gasteiger partial charge is 0.122 e. The summed E-state index contributed by atoms with van der Waals surface area (Å²) < 4.78 is 6.45. The highest BCUT2D eigenvalue weighted by Crippen LogP contribution is 2.48. The lowest BCUT2D eigenvalue weighted by molar-refractivity contribution is 0.119. The van der Waals surface area contributed by atoms with Gasteiger partial charge < -0.3 is 9.84 Å². The van der Waals surface area contributed by atoms with Gasteiger partial charge in [0.15, 0.2) is 0 Å². The van der Waals surface area contributed by atoms with Crippen LogP contribution in [-0.4, -0.2) is 18.8 Å². The number of benzene rings is 1. The molecule has 0 spiro atoms. The van der Waals surface area contributed by atoms with E-state index in [-0.39, 0.29) is 12.0 Å². The molecule has 0 saturated heterocycles. The molecule has 0 aliphatic heterocycles. The van der Waals surface area contributed by atoms with Crippen LogP contribution in [-0.2, 0) is 6.42 Å². The SMILES string of the molecule is COc1ccc(Br)cc1CC(C)(CO)C1CC1. The summed E-state index contributed by atoms with van der Waals surface area (Å²) in [6.45, 7) is 2.42. The number of hydrogen-bond donors (Lipinski definition) is 1. The summed E-state index contributed by atoms with van der Waals surface area (Å²) in [5, 5.41) is 9.64. The van der Waals surface area contributed by atoms with Gasteiger partial charge in [0.25, 0.3) is 0 Å². The van der Waals surface area contributed by atoms with E-state index in [9.17, 15) is 5.11 Å². The maximum Gasteiger partial charge on any atom is 0.122 e. The van der Waals surface area contributed by atoms with Gasteiger partial charge in [-0.3, -0.25) is 0 Å². The molecule has 1 aromatic carbocycles. The Morgan fingerprint density at radius 3 is 2.71 bits per heavy atom. The Labute approximate surface area is 111 Å². The zero-order valence-electron chi connectivity index (χ0n) is 10.4. The molecule has 1 aliphatic carbocycles. The molecule has 94 valence electrons. The minimum atomic E-state index is -0.00588. The van der Waals surface area contributed by atoms with Crippen molar-refractivity contribution in [2.24, 2.45) is 11.3 Å². The van der Waals surface area contributed by atoms with E-state index in [4.69, 9.17) is 4.74 Å². The van der Waals surface area contributed by atoms with Crippen molar-refractivity contribution in [3.8, 4) is 5.75 Å². The minimum Gasteiger partial charge on any atom is -0.496 e. The zero-order valence-corrected chi connectivity index (χ0v) is 12.0. The molecule has 1 aromatic rings. The first-order valence-electron chi connectivity index (χ1n) is 6.02. The van der Waals surface area contributed by atoms with Crippen LogP contribution in [0.3, 0.4) is 0 Å². The van der Waals surface area contributed by atoms with E-state index in [0.29, 0.717) is 5.92 Å². The fourth-order valence-corrected chi connectivity index (χ4v) is 2.84. The quantitative estimate of drug-likeness (QED) is 0.903. The summed E-state index contributed by atoms with van der Waals surface area (Å²) >= 11 is 3.49. The molecule has 1 saturated carbocycles. The van der Waals surface area contributed by atoms with Crippen molar-refractivity contribution in [3.05, 3.63) is 28.2 Å². The highest BCUT2D eigenvalue weighted by atomic mass is 79.9. The Bertz CT molecular complexity index is 401. The van der Waals surface area contributed by atoms with Gasteiger partial charge in [0.2, 0.25) is 0 Å². The average Bonchev–Trinajstić information content (AvgIpc) is 3.13. The minimum absolute atomic E-state index is 0.00588. The first-order valence-corrected chi connectivity index (χ1v) is 6.81. The molecule has 0 amide bonds. The van der Waals surface area contributed by atoms with Crippen molar-refractivity contribution >= 4 is 15.9 Å². The largest absolute Gasteiger partial charge is 0.496 e. The predicted molar refractivity (Wildman–Crippen MR) is 72.3 cm³/mol. The van der Waals surface area contributed by atoms with Crippen LogP contribution in [0.1, 0.15) is 25.3 Å². The van der Waals surface area contributed by atoms with Crippen molar-refractivity contribution in [1.29, 1.82) is 0 Å². The molecule has 0 aromatic heterocycles. The Balaban J connectivity index is 2.24. The van der Waals surface area contributed by atoms with Crippen molar-refractivity contribution in [3.63, 3.8) is 0 Å². The summed E-state index contributed by atoms with van der Waals surface area (Å²) in [4.78, 5) is 0. The van der Waals surface area contributed by atoms with Gasteiger partial charge in [-0.05, 0) is 54.4 Å². The van der Waals surface area contributed by atoms with Crippen LogP contribution in [0.5, 0.6) is 5.75 Å². The third kappa shape index (κ3) is 2.83. The maximum atomic E-state index is 9.64. The summed E-state index contributed by atoms with van der Waals surface area (Å²) in [7, 11) is 1.69. The molecule has 2 nitrogen and oxygen atoms in total. The van der Waals surface area contributed by atoms with E-state index in [0.717, 1.165) is 16.6 Å². The molecule has 0 radical (unpaired) electrons. The van der Waals surface area contributed by atoms with Crippen LogP contribution in [0.15, 0.2) is 22.7 Å². The van der Waals surface area contributed by atoms with Crippen LogP contribution in [0.4, 0.5) is 0 Å². The van der Waals surface area contributed by atoms with Crippen molar-refractivity contribution in [2.75, 3.05) is 13.7 Å². The number of aliphatic hydroxyl groups is 1. The Hall–Kier alpha value is -0.540. The summed E-state index contributed by atoms with van der Waals surface area (Å²) in [5.74, 6) is 1.57. The predicted octanol–water partition coefficient (Wildman–Crippen LogP) is 3.41. The normalized spacial score (nSPS) is 18.8. The maximum absolute atomic E-state index is 9.64. The van der Waals surface area contributed by atoms with Gasteiger partial charge >= 0.3 is 0 Å². The molecular formula is C14H19BrO2. The molecule has 1 N–H and O–H groups in total. The van der Waals surface area contributed by atoms with E-state index in [1.54, 1.807) is 7.11 Å². The molecule has 0 heterocycles. The molecule has 0 bridgehead atoms. The van der Waals surface area contributed by atoms with Crippen LogP contribution in [0, 0.1) is 11.3 Å². The second kappa shape index (κ2) is 4.99. The van der Waals surface area contributed by atoms with Crippen LogP contribution < -0.4 is 4.74 Å². The van der Waals surface area contributed by atoms with Crippen LogP contribution in [0.2, 0.25) is 0 Å². The van der Waals surface area contributed by atoms with Gasteiger partial charge in [0.05, 0.1) is 7.11 Å². The zero-order chi connectivity index (χ0) is 12.5. The first kappa shape index (κ1) is 12.9. The highest BCUT2D eigenvalue weighted by Gasteiger charge is 2.41. The molecule has 1 aliphatic rings. The monoisotopic (exact) mass is 298 g/mol. The first-order chi connectivity index (χ1) is 8.09. The standard InChI is InChI=1S/C14H19BrO2/c1-14(9-16,11-3-4-11)8-10-7-12(15)5-6-13(10)17-2/h5-7,11,16H,3-4,8-9H2,1-2H3. The summed E-state index contributed by atoms with van der Waals surface area (Å²) in [5.41, 5.74) is 1.17. The van der Waals surface area contributed by atoms with E-state index < -0.39 is 0 Å². The lowest BCUT2D eigenvalue weighted by atomic mass is 9.79. The van der Waals surface area contributed by atoms with Crippen molar-refractivity contribution in [1.82, 2.24) is 0 Å². The lowest BCUT2D eigenvalue weighted by Gasteiger charge is -2.28. The summed E-state index contributed by atoms with van der Waals surface area (Å²) in [6, 6.07) is 6.05. The average molecular weight is 299 g/mol. The van der Waals surface area contributed by atoms with Gasteiger partial charge in [-0.2, -0.15) is 0 Å². The molecule has 2 rings (SSSR count). The third-order valence-corrected chi connectivity index (χ3v) is 4.25. The van der Waals surface area contributed by atoms with Crippen LogP contribution in [0.25, 0.3) is 0 Å².